The summed E-state index contributed by atoms with van der Waals surface area (Å²) in [6.07, 6.45) is 0. The first-order chi connectivity index (χ1) is 7.95. The SMILES string of the molecule is COP(=O)(OC)C(C)(C)NCc1ccccc1. The van der Waals surface area contributed by atoms with Crippen molar-refractivity contribution < 1.29 is 13.6 Å². The Morgan fingerprint density at radius 3 is 2.18 bits per heavy atom. The highest BCUT2D eigenvalue weighted by Crippen LogP contribution is 2.57. The minimum atomic E-state index is -3.13. The van der Waals surface area contributed by atoms with Crippen molar-refractivity contribution in [3.8, 4) is 0 Å². The maximum absolute atomic E-state index is 12.3. The van der Waals surface area contributed by atoms with E-state index < -0.39 is 12.9 Å². The van der Waals surface area contributed by atoms with Gasteiger partial charge in [0.1, 0.15) is 5.28 Å². The summed E-state index contributed by atoms with van der Waals surface area (Å²) >= 11 is 0. The molecule has 1 aromatic rings. The van der Waals surface area contributed by atoms with E-state index in [-0.39, 0.29) is 0 Å². The van der Waals surface area contributed by atoms with Gasteiger partial charge in [0.25, 0.3) is 0 Å². The normalized spacial score (nSPS) is 12.7. The van der Waals surface area contributed by atoms with Crippen LogP contribution in [0.3, 0.4) is 0 Å². The van der Waals surface area contributed by atoms with Crippen molar-refractivity contribution in [1.29, 1.82) is 0 Å². The van der Waals surface area contributed by atoms with Crippen molar-refractivity contribution in [3.63, 3.8) is 0 Å². The molecule has 1 N–H and O–H groups in total. The van der Waals surface area contributed by atoms with Gasteiger partial charge < -0.3 is 9.05 Å². The van der Waals surface area contributed by atoms with Crippen molar-refractivity contribution in [2.24, 2.45) is 0 Å². The van der Waals surface area contributed by atoms with Crippen molar-refractivity contribution in [1.82, 2.24) is 5.32 Å². The van der Waals surface area contributed by atoms with Crippen LogP contribution in [0.25, 0.3) is 0 Å². The predicted molar refractivity (Wildman–Crippen MR) is 69.0 cm³/mol. The Bertz CT molecular complexity index is 384. The second kappa shape index (κ2) is 5.78. The van der Waals surface area contributed by atoms with Gasteiger partial charge in [-0.2, -0.15) is 0 Å². The van der Waals surface area contributed by atoms with Crippen molar-refractivity contribution in [2.45, 2.75) is 25.7 Å². The summed E-state index contributed by atoms with van der Waals surface area (Å²) < 4.78 is 22.3. The number of benzene rings is 1. The van der Waals surface area contributed by atoms with E-state index in [4.69, 9.17) is 9.05 Å². The maximum Gasteiger partial charge on any atom is 0.349 e. The van der Waals surface area contributed by atoms with Gasteiger partial charge in [0.05, 0.1) is 0 Å². The molecule has 1 rings (SSSR count). The molecule has 96 valence electrons. The minimum Gasteiger partial charge on any atom is -0.311 e. The Morgan fingerprint density at radius 2 is 1.71 bits per heavy atom. The second-order valence-corrected chi connectivity index (χ2v) is 7.10. The Hall–Kier alpha value is -0.670. The zero-order valence-corrected chi connectivity index (χ0v) is 11.7. The Labute approximate surface area is 103 Å². The first-order valence-electron chi connectivity index (χ1n) is 5.46. The number of rotatable bonds is 6. The molecule has 0 fully saturated rings. The molecule has 0 spiro atoms. The van der Waals surface area contributed by atoms with Gasteiger partial charge in [-0.3, -0.25) is 9.88 Å². The van der Waals surface area contributed by atoms with Crippen LogP contribution >= 0.6 is 7.60 Å². The van der Waals surface area contributed by atoms with E-state index in [0.29, 0.717) is 6.54 Å². The number of hydrogen-bond acceptors (Lipinski definition) is 4. The third kappa shape index (κ3) is 3.39. The van der Waals surface area contributed by atoms with E-state index in [1.807, 2.05) is 44.2 Å². The van der Waals surface area contributed by atoms with Gasteiger partial charge in [-0.05, 0) is 19.4 Å². The van der Waals surface area contributed by atoms with Gasteiger partial charge in [-0.15, -0.1) is 0 Å². The van der Waals surface area contributed by atoms with Crippen molar-refractivity contribution in [3.05, 3.63) is 35.9 Å². The molecular weight excluding hydrogens is 237 g/mol. The zero-order chi connectivity index (χ0) is 12.9. The van der Waals surface area contributed by atoms with Crippen LogP contribution in [0.4, 0.5) is 0 Å². The molecule has 0 aliphatic heterocycles. The van der Waals surface area contributed by atoms with Crippen molar-refractivity contribution in [2.75, 3.05) is 14.2 Å². The van der Waals surface area contributed by atoms with Gasteiger partial charge in [0.2, 0.25) is 0 Å². The lowest BCUT2D eigenvalue weighted by atomic mass is 10.2. The standard InChI is InChI=1S/C12H20NO3P/c1-12(2,17(14,15-3)16-4)13-10-11-8-6-5-7-9-11/h5-9,13H,10H2,1-4H3. The van der Waals surface area contributed by atoms with Crippen LogP contribution in [-0.2, 0) is 20.2 Å². The van der Waals surface area contributed by atoms with E-state index >= 15 is 0 Å². The molecular formula is C12H20NO3P. The predicted octanol–water partition coefficient (Wildman–Crippen LogP) is 3.00. The second-order valence-electron chi connectivity index (χ2n) is 4.26. The maximum atomic E-state index is 12.3. The van der Waals surface area contributed by atoms with Gasteiger partial charge in [-0.1, -0.05) is 30.3 Å². The Balaban J connectivity index is 2.70. The quantitative estimate of drug-likeness (QED) is 0.796. The minimum absolute atomic E-state index is 0.616. The lowest BCUT2D eigenvalue weighted by Gasteiger charge is -2.32. The van der Waals surface area contributed by atoms with Crippen LogP contribution in [0.1, 0.15) is 19.4 Å². The summed E-state index contributed by atoms with van der Waals surface area (Å²) in [5.74, 6) is 0. The molecule has 0 saturated carbocycles. The summed E-state index contributed by atoms with van der Waals surface area (Å²) in [7, 11) is -0.334. The van der Waals surface area contributed by atoms with Crippen LogP contribution in [0.5, 0.6) is 0 Å². The molecule has 0 aromatic heterocycles. The van der Waals surface area contributed by atoms with Crippen LogP contribution in [0.2, 0.25) is 0 Å². The average molecular weight is 257 g/mol. The fourth-order valence-corrected chi connectivity index (χ4v) is 2.88. The van der Waals surface area contributed by atoms with Crippen LogP contribution in [0.15, 0.2) is 30.3 Å². The van der Waals surface area contributed by atoms with Gasteiger partial charge >= 0.3 is 7.60 Å². The smallest absolute Gasteiger partial charge is 0.311 e. The van der Waals surface area contributed by atoms with E-state index in [0.717, 1.165) is 5.56 Å². The lowest BCUT2D eigenvalue weighted by molar-refractivity contribution is 0.239. The van der Waals surface area contributed by atoms with Crippen LogP contribution in [-0.4, -0.2) is 19.5 Å². The highest BCUT2D eigenvalue weighted by Gasteiger charge is 2.41. The topological polar surface area (TPSA) is 47.6 Å². The number of hydrogen-bond donors (Lipinski definition) is 1. The van der Waals surface area contributed by atoms with Crippen LogP contribution < -0.4 is 5.32 Å². The summed E-state index contributed by atoms with van der Waals surface area (Å²) in [6, 6.07) is 9.91. The molecule has 0 saturated heterocycles. The first kappa shape index (κ1) is 14.4. The largest absolute Gasteiger partial charge is 0.349 e. The van der Waals surface area contributed by atoms with Gasteiger partial charge in [0, 0.05) is 20.8 Å². The van der Waals surface area contributed by atoms with E-state index in [1.165, 1.54) is 14.2 Å². The Kier molecular flexibility index (Phi) is 4.90. The molecule has 0 amide bonds. The molecule has 0 bridgehead atoms. The van der Waals surface area contributed by atoms with E-state index in [9.17, 15) is 4.57 Å². The third-order valence-electron chi connectivity index (χ3n) is 2.73. The van der Waals surface area contributed by atoms with Crippen LogP contribution in [0, 0.1) is 0 Å². The summed E-state index contributed by atoms with van der Waals surface area (Å²) in [5.41, 5.74) is 1.12. The average Bonchev–Trinajstić information content (AvgIpc) is 2.36. The van der Waals surface area contributed by atoms with E-state index in [2.05, 4.69) is 5.32 Å². The monoisotopic (exact) mass is 257 g/mol. The van der Waals surface area contributed by atoms with Gasteiger partial charge in [0.15, 0.2) is 0 Å². The molecule has 17 heavy (non-hydrogen) atoms. The molecule has 0 atom stereocenters. The number of nitrogens with one attached hydrogen (secondary N) is 1. The van der Waals surface area contributed by atoms with Crippen molar-refractivity contribution >= 4 is 7.60 Å². The van der Waals surface area contributed by atoms with E-state index in [1.54, 1.807) is 0 Å². The summed E-state index contributed by atoms with van der Waals surface area (Å²) in [5, 5.41) is 2.47. The molecule has 4 nitrogen and oxygen atoms in total. The highest BCUT2D eigenvalue weighted by molar-refractivity contribution is 7.55. The van der Waals surface area contributed by atoms with Gasteiger partial charge in [-0.25, -0.2) is 0 Å². The highest BCUT2D eigenvalue weighted by atomic mass is 31.2. The molecule has 0 radical (unpaired) electrons. The first-order valence-corrected chi connectivity index (χ1v) is 7.00. The summed E-state index contributed by atoms with van der Waals surface area (Å²) in [6.45, 7) is 4.23. The molecule has 1 aromatic carbocycles. The molecule has 0 aliphatic rings. The third-order valence-corrected chi connectivity index (χ3v) is 5.22. The summed E-state index contributed by atoms with van der Waals surface area (Å²) in [4.78, 5) is 0. The fourth-order valence-electron chi connectivity index (χ4n) is 1.54. The molecule has 0 aliphatic carbocycles. The Morgan fingerprint density at radius 1 is 1.18 bits per heavy atom. The molecule has 0 unspecified atom stereocenters. The fraction of sp³-hybridized carbons (Fsp3) is 0.500. The zero-order valence-electron chi connectivity index (χ0n) is 10.8. The lowest BCUT2D eigenvalue weighted by Crippen LogP contribution is -2.39. The molecule has 0 heterocycles. The molecule has 5 heteroatoms.